The molecule has 2 heterocycles. The smallest absolute Gasteiger partial charge is 0.145 e. The Morgan fingerprint density at radius 3 is 1.81 bits per heavy atom. The number of rotatable bonds is 4. The minimum atomic E-state index is -0.431. The third-order valence-corrected chi connectivity index (χ3v) is 10.4. The monoisotopic (exact) mass is 633 g/mol. The lowest BCUT2D eigenvalue weighted by Gasteiger charge is -2.18. The summed E-state index contributed by atoms with van der Waals surface area (Å²) in [4.78, 5) is 4.87. The Hall–Kier alpha value is -6.03. The highest BCUT2D eigenvalue weighted by Crippen LogP contribution is 2.45. The molecule has 224 valence electrons. The first kappa shape index (κ1) is 22.5. The Morgan fingerprint density at radius 2 is 1.08 bits per heavy atom. The van der Waals surface area contributed by atoms with Gasteiger partial charge in [-0.15, -0.1) is 11.3 Å². The van der Waals surface area contributed by atoms with Crippen LogP contribution in [0, 0.1) is 0 Å². The van der Waals surface area contributed by atoms with Gasteiger partial charge >= 0.3 is 0 Å². The first-order valence-corrected chi connectivity index (χ1v) is 16.7. The van der Waals surface area contributed by atoms with Gasteiger partial charge in [0.15, 0.2) is 0 Å². The summed E-state index contributed by atoms with van der Waals surface area (Å²) in [6, 6.07) is 46.7. The van der Waals surface area contributed by atoms with Crippen molar-refractivity contribution in [2.45, 2.75) is 0 Å². The number of hydrogen-bond acceptors (Lipinski definition) is 2. The summed E-state index contributed by atoms with van der Waals surface area (Å²) in [5.41, 5.74) is 6.71. The Bertz CT molecular complexity index is 3060. The van der Waals surface area contributed by atoms with Crippen molar-refractivity contribution < 1.29 is 6.85 Å². The molecule has 0 aliphatic heterocycles. The molecular weight excluding hydrogens is 601 g/mol. The van der Waals surface area contributed by atoms with E-state index in [-0.39, 0.29) is 17.6 Å². The van der Waals surface area contributed by atoms with Crippen LogP contribution in [-0.4, -0.2) is 9.55 Å². The van der Waals surface area contributed by atoms with Crippen LogP contribution in [0.15, 0.2) is 170 Å². The Morgan fingerprint density at radius 1 is 0.479 bits per heavy atom. The Kier molecular flexibility index (Phi) is 5.04. The van der Waals surface area contributed by atoms with E-state index in [1.54, 1.807) is 0 Å². The number of imidazole rings is 1. The summed E-state index contributed by atoms with van der Waals surface area (Å²) in [5, 5.41) is 7.07. The van der Waals surface area contributed by atoms with Crippen molar-refractivity contribution in [2.24, 2.45) is 0 Å². The van der Waals surface area contributed by atoms with E-state index in [0.717, 1.165) is 43.9 Å². The van der Waals surface area contributed by atoms with Gasteiger partial charge in [0.1, 0.15) is 5.82 Å². The predicted molar refractivity (Wildman–Crippen MR) is 205 cm³/mol. The second-order valence-corrected chi connectivity index (χ2v) is 13.0. The van der Waals surface area contributed by atoms with Gasteiger partial charge < -0.3 is 0 Å². The summed E-state index contributed by atoms with van der Waals surface area (Å²) in [5.74, 6) is 0.293. The van der Waals surface area contributed by atoms with Crippen LogP contribution in [0.1, 0.15) is 6.85 Å². The zero-order chi connectivity index (χ0) is 36.0. The van der Waals surface area contributed by atoms with Crippen molar-refractivity contribution in [3.63, 3.8) is 0 Å². The van der Waals surface area contributed by atoms with E-state index in [1.807, 2.05) is 52.3 Å². The SMILES string of the molecule is [2H]c1c([2H])c([2H])c(-c2nc3ccccc3n2-c2cccc(-c3c4ccccc4c(-c4ccc5sc6ccccc6c5c4)c4ccccc34)c2)c([2H])c1[2H]. The number of hydrogen-bond donors (Lipinski definition) is 0. The summed E-state index contributed by atoms with van der Waals surface area (Å²) in [6.45, 7) is 0. The van der Waals surface area contributed by atoms with Gasteiger partial charge in [-0.1, -0.05) is 127 Å². The lowest BCUT2D eigenvalue weighted by atomic mass is 9.85. The summed E-state index contributed by atoms with van der Waals surface area (Å²) in [7, 11) is 0. The van der Waals surface area contributed by atoms with Crippen molar-refractivity contribution >= 4 is 64.1 Å². The van der Waals surface area contributed by atoms with Crippen LogP contribution in [-0.2, 0) is 0 Å². The van der Waals surface area contributed by atoms with Gasteiger partial charge in [-0.05, 0) is 86.3 Å². The second kappa shape index (κ2) is 10.8. The highest BCUT2D eigenvalue weighted by molar-refractivity contribution is 7.25. The topological polar surface area (TPSA) is 17.8 Å². The van der Waals surface area contributed by atoms with Crippen LogP contribution in [0.25, 0.3) is 92.1 Å². The molecular formula is C45H28N2S. The number of thiophene rings is 1. The predicted octanol–water partition coefficient (Wildman–Crippen LogP) is 12.7. The average molecular weight is 634 g/mol. The fraction of sp³-hybridized carbons (Fsp3) is 0. The van der Waals surface area contributed by atoms with Gasteiger partial charge in [-0.3, -0.25) is 4.57 Å². The lowest BCUT2D eigenvalue weighted by Crippen LogP contribution is -1.98. The first-order valence-electron chi connectivity index (χ1n) is 18.4. The normalized spacial score (nSPS) is 13.2. The highest BCUT2D eigenvalue weighted by Gasteiger charge is 2.19. The zero-order valence-corrected chi connectivity index (χ0v) is 26.4. The summed E-state index contributed by atoms with van der Waals surface area (Å²) < 4.78 is 47.0. The molecule has 0 radical (unpaired) electrons. The first-order chi connectivity index (χ1) is 25.9. The molecule has 0 saturated heterocycles. The molecule has 0 aliphatic rings. The Labute approximate surface area is 288 Å². The molecule has 0 aliphatic carbocycles. The van der Waals surface area contributed by atoms with Crippen LogP contribution in [0.3, 0.4) is 0 Å². The zero-order valence-electron chi connectivity index (χ0n) is 30.6. The minimum Gasteiger partial charge on any atom is -0.292 e. The molecule has 0 saturated carbocycles. The van der Waals surface area contributed by atoms with Gasteiger partial charge in [-0.25, -0.2) is 4.98 Å². The molecule has 0 bridgehead atoms. The van der Waals surface area contributed by atoms with Gasteiger partial charge in [-0.2, -0.15) is 0 Å². The molecule has 0 N–H and O–H groups in total. The van der Waals surface area contributed by atoms with E-state index in [4.69, 9.17) is 11.8 Å². The quantitative estimate of drug-likeness (QED) is 0.176. The van der Waals surface area contributed by atoms with E-state index in [0.29, 0.717) is 11.3 Å². The molecule has 2 aromatic heterocycles. The third-order valence-electron chi connectivity index (χ3n) is 9.27. The van der Waals surface area contributed by atoms with Gasteiger partial charge in [0, 0.05) is 31.4 Å². The van der Waals surface area contributed by atoms with Crippen LogP contribution < -0.4 is 0 Å². The number of para-hydroxylation sites is 2. The van der Waals surface area contributed by atoms with Crippen molar-refractivity contribution in [1.82, 2.24) is 9.55 Å². The van der Waals surface area contributed by atoms with Crippen molar-refractivity contribution in [2.75, 3.05) is 0 Å². The fourth-order valence-corrected chi connectivity index (χ4v) is 8.34. The molecule has 8 aromatic carbocycles. The van der Waals surface area contributed by atoms with Gasteiger partial charge in [0.05, 0.1) is 17.9 Å². The molecule has 48 heavy (non-hydrogen) atoms. The molecule has 0 spiro atoms. The van der Waals surface area contributed by atoms with Crippen molar-refractivity contribution in [3.05, 3.63) is 170 Å². The average Bonchev–Trinajstić information content (AvgIpc) is 3.77. The van der Waals surface area contributed by atoms with Crippen molar-refractivity contribution in [3.8, 4) is 39.3 Å². The standard InChI is InChI=1S/C45H28N2S/c1-2-13-29(14-3-1)45-46-39-22-9-10-23-40(39)47(45)32-16-12-15-30(27-32)43-34-18-4-6-20-36(34)44(37-21-7-5-19-35(37)43)31-25-26-42-38(28-31)33-17-8-11-24-41(33)48-42/h1-28H/i1D,2D,3D,13D,14D. The maximum absolute atomic E-state index is 8.80. The van der Waals surface area contributed by atoms with E-state index < -0.39 is 18.1 Å². The Balaban J connectivity index is 1.23. The number of aromatic nitrogens is 2. The van der Waals surface area contributed by atoms with Crippen LogP contribution >= 0.6 is 11.3 Å². The molecule has 0 amide bonds. The van der Waals surface area contributed by atoms with Crippen LogP contribution in [0.4, 0.5) is 0 Å². The maximum atomic E-state index is 8.80. The second-order valence-electron chi connectivity index (χ2n) is 12.0. The number of fused-ring (bicyclic) bond motifs is 6. The van der Waals surface area contributed by atoms with E-state index in [9.17, 15) is 0 Å². The highest BCUT2D eigenvalue weighted by atomic mass is 32.1. The van der Waals surface area contributed by atoms with Gasteiger partial charge in [0.25, 0.3) is 0 Å². The van der Waals surface area contributed by atoms with Gasteiger partial charge in [0.2, 0.25) is 0 Å². The largest absolute Gasteiger partial charge is 0.292 e. The molecule has 2 nitrogen and oxygen atoms in total. The number of benzene rings is 8. The third kappa shape index (κ3) is 4.15. The summed E-state index contributed by atoms with van der Waals surface area (Å²) in [6.07, 6.45) is 0. The fourth-order valence-electron chi connectivity index (χ4n) is 7.25. The van der Waals surface area contributed by atoms with E-state index in [2.05, 4.69) is 103 Å². The molecule has 0 unspecified atom stereocenters. The minimum absolute atomic E-state index is 0.0632. The summed E-state index contributed by atoms with van der Waals surface area (Å²) >= 11 is 1.82. The molecule has 10 rings (SSSR count). The van der Waals surface area contributed by atoms with Crippen LogP contribution in [0.5, 0.6) is 0 Å². The lowest BCUT2D eigenvalue weighted by molar-refractivity contribution is 1.10. The molecule has 3 heteroatoms. The van der Waals surface area contributed by atoms with E-state index in [1.165, 1.54) is 31.3 Å². The molecule has 10 aromatic rings. The number of nitrogens with zero attached hydrogens (tertiary/aromatic N) is 2. The van der Waals surface area contributed by atoms with Crippen molar-refractivity contribution in [1.29, 1.82) is 0 Å². The molecule has 0 atom stereocenters. The van der Waals surface area contributed by atoms with E-state index >= 15 is 0 Å². The maximum Gasteiger partial charge on any atom is 0.145 e. The molecule has 0 fully saturated rings. The van der Waals surface area contributed by atoms with Crippen LogP contribution in [0.2, 0.25) is 0 Å².